The summed E-state index contributed by atoms with van der Waals surface area (Å²) in [6, 6.07) is 4.06. The van der Waals surface area contributed by atoms with Gasteiger partial charge in [-0.15, -0.1) is 0 Å². The summed E-state index contributed by atoms with van der Waals surface area (Å²) in [5, 5.41) is 3.04. The van der Waals surface area contributed by atoms with Crippen molar-refractivity contribution >= 4 is 27.5 Å². The Labute approximate surface area is 97.6 Å². The number of rotatable bonds is 1. The Morgan fingerprint density at radius 3 is 2.40 bits per heavy atom. The Morgan fingerprint density at radius 2 is 1.93 bits per heavy atom. The van der Waals surface area contributed by atoms with Gasteiger partial charge in [0.05, 0.1) is 13.2 Å². The summed E-state index contributed by atoms with van der Waals surface area (Å²) < 4.78 is 1.12. The third-order valence-corrected chi connectivity index (χ3v) is 3.83. The molecule has 1 saturated heterocycles. The second kappa shape index (κ2) is 3.94. The zero-order valence-corrected chi connectivity index (χ0v) is 10.4. The van der Waals surface area contributed by atoms with Crippen molar-refractivity contribution in [2.75, 3.05) is 18.1 Å². The van der Waals surface area contributed by atoms with E-state index in [1.54, 1.807) is 4.90 Å². The fraction of sp³-hybridized carbons (Fsp3) is 0.364. The molecule has 0 saturated carbocycles. The van der Waals surface area contributed by atoms with Crippen LogP contribution in [0.2, 0.25) is 0 Å². The molecule has 1 heterocycles. The number of benzene rings is 1. The first-order chi connectivity index (χ1) is 7.09. The molecule has 0 radical (unpaired) electrons. The number of anilines is 1. The first-order valence-electron chi connectivity index (χ1n) is 4.87. The third kappa shape index (κ3) is 1.92. The zero-order chi connectivity index (χ0) is 11.0. The van der Waals surface area contributed by atoms with Gasteiger partial charge in [-0.1, -0.05) is 15.9 Å². The maximum atomic E-state index is 11.5. The minimum Gasteiger partial charge on any atom is -0.298 e. The molecule has 4 heteroatoms. The molecule has 1 fully saturated rings. The van der Waals surface area contributed by atoms with Crippen LogP contribution in [0.1, 0.15) is 11.1 Å². The van der Waals surface area contributed by atoms with E-state index in [1.165, 1.54) is 0 Å². The molecule has 2 rings (SSSR count). The minimum absolute atomic E-state index is 0.135. The largest absolute Gasteiger partial charge is 0.298 e. The van der Waals surface area contributed by atoms with Crippen LogP contribution in [0.15, 0.2) is 16.6 Å². The molecule has 15 heavy (non-hydrogen) atoms. The monoisotopic (exact) mass is 268 g/mol. The summed E-state index contributed by atoms with van der Waals surface area (Å²) in [5.74, 6) is 0.135. The van der Waals surface area contributed by atoms with E-state index in [-0.39, 0.29) is 5.91 Å². The smallest absolute Gasteiger partial charge is 0.242 e. The SMILES string of the molecule is Cc1cc(N2CNCC2=O)cc(C)c1Br. The van der Waals surface area contributed by atoms with E-state index in [0.717, 1.165) is 21.3 Å². The number of hydrogen-bond donors (Lipinski definition) is 1. The topological polar surface area (TPSA) is 32.3 Å². The van der Waals surface area contributed by atoms with Crippen LogP contribution in [0, 0.1) is 13.8 Å². The molecule has 0 aromatic heterocycles. The van der Waals surface area contributed by atoms with Gasteiger partial charge >= 0.3 is 0 Å². The van der Waals surface area contributed by atoms with E-state index in [0.29, 0.717) is 13.2 Å². The van der Waals surface area contributed by atoms with E-state index in [2.05, 4.69) is 21.2 Å². The van der Waals surface area contributed by atoms with E-state index in [9.17, 15) is 4.79 Å². The highest BCUT2D eigenvalue weighted by atomic mass is 79.9. The lowest BCUT2D eigenvalue weighted by molar-refractivity contribution is -0.116. The number of carbonyl (C=O) groups excluding carboxylic acids is 1. The first kappa shape index (κ1) is 10.6. The molecular formula is C11H13BrN2O. The Balaban J connectivity index is 2.41. The first-order valence-corrected chi connectivity index (χ1v) is 5.66. The number of nitrogens with one attached hydrogen (secondary N) is 1. The summed E-state index contributed by atoms with van der Waals surface area (Å²) in [6.45, 7) is 5.12. The summed E-state index contributed by atoms with van der Waals surface area (Å²) in [6.07, 6.45) is 0. The van der Waals surface area contributed by atoms with Crippen LogP contribution >= 0.6 is 15.9 Å². The van der Waals surface area contributed by atoms with Crippen LogP contribution in [-0.2, 0) is 4.79 Å². The molecule has 1 N–H and O–H groups in total. The summed E-state index contributed by atoms with van der Waals surface area (Å²) in [5.41, 5.74) is 3.29. The van der Waals surface area contributed by atoms with Gasteiger partial charge in [-0.05, 0) is 37.1 Å². The van der Waals surface area contributed by atoms with Crippen molar-refractivity contribution < 1.29 is 4.79 Å². The Kier molecular flexibility index (Phi) is 2.80. The molecule has 0 bridgehead atoms. The maximum absolute atomic E-state index is 11.5. The van der Waals surface area contributed by atoms with Gasteiger partial charge in [-0.25, -0.2) is 0 Å². The van der Waals surface area contributed by atoms with Gasteiger partial charge < -0.3 is 0 Å². The Hall–Kier alpha value is -0.870. The molecule has 80 valence electrons. The predicted octanol–water partition coefficient (Wildman–Crippen LogP) is 1.96. The van der Waals surface area contributed by atoms with Crippen LogP contribution in [-0.4, -0.2) is 19.1 Å². The quantitative estimate of drug-likeness (QED) is 0.845. The molecule has 1 aliphatic rings. The number of hydrogen-bond acceptors (Lipinski definition) is 2. The average molecular weight is 269 g/mol. The molecule has 1 aliphatic heterocycles. The number of carbonyl (C=O) groups is 1. The van der Waals surface area contributed by atoms with Gasteiger partial charge in [0.25, 0.3) is 0 Å². The van der Waals surface area contributed by atoms with Crippen molar-refractivity contribution in [3.63, 3.8) is 0 Å². The van der Waals surface area contributed by atoms with E-state index >= 15 is 0 Å². The molecule has 3 nitrogen and oxygen atoms in total. The highest BCUT2D eigenvalue weighted by molar-refractivity contribution is 9.10. The fourth-order valence-electron chi connectivity index (χ4n) is 1.77. The number of amides is 1. The minimum atomic E-state index is 0.135. The van der Waals surface area contributed by atoms with Crippen LogP contribution in [0.5, 0.6) is 0 Å². The van der Waals surface area contributed by atoms with Gasteiger partial charge in [0.2, 0.25) is 5.91 Å². The fourth-order valence-corrected chi connectivity index (χ4v) is 2.00. The number of aryl methyl sites for hydroxylation is 2. The molecule has 0 atom stereocenters. The third-order valence-electron chi connectivity index (χ3n) is 2.58. The van der Waals surface area contributed by atoms with E-state index in [4.69, 9.17) is 0 Å². The van der Waals surface area contributed by atoms with Gasteiger partial charge in [0.1, 0.15) is 0 Å². The summed E-state index contributed by atoms with van der Waals surface area (Å²) in [4.78, 5) is 13.3. The molecule has 0 unspecified atom stereocenters. The van der Waals surface area contributed by atoms with Crippen LogP contribution < -0.4 is 10.2 Å². The summed E-state index contributed by atoms with van der Waals surface area (Å²) in [7, 11) is 0. The van der Waals surface area contributed by atoms with Crippen molar-refractivity contribution in [1.29, 1.82) is 0 Å². The van der Waals surface area contributed by atoms with Crippen molar-refractivity contribution in [1.82, 2.24) is 5.32 Å². The second-order valence-electron chi connectivity index (χ2n) is 3.80. The van der Waals surface area contributed by atoms with E-state index < -0.39 is 0 Å². The molecule has 0 spiro atoms. The lowest BCUT2D eigenvalue weighted by Crippen LogP contribution is -2.25. The van der Waals surface area contributed by atoms with Crippen molar-refractivity contribution in [2.45, 2.75) is 13.8 Å². The van der Waals surface area contributed by atoms with Gasteiger partial charge in [-0.3, -0.25) is 15.0 Å². The highest BCUT2D eigenvalue weighted by Crippen LogP contribution is 2.27. The predicted molar refractivity (Wildman–Crippen MR) is 64.0 cm³/mol. The van der Waals surface area contributed by atoms with Crippen molar-refractivity contribution in [3.8, 4) is 0 Å². The Morgan fingerprint density at radius 1 is 1.33 bits per heavy atom. The maximum Gasteiger partial charge on any atom is 0.242 e. The van der Waals surface area contributed by atoms with Crippen LogP contribution in [0.3, 0.4) is 0 Å². The molecule has 1 amide bonds. The number of halogens is 1. The van der Waals surface area contributed by atoms with Gasteiger partial charge in [0.15, 0.2) is 0 Å². The molecule has 1 aromatic rings. The molecular weight excluding hydrogens is 256 g/mol. The Bertz CT molecular complexity index is 394. The highest BCUT2D eigenvalue weighted by Gasteiger charge is 2.21. The molecule has 0 aliphatic carbocycles. The van der Waals surface area contributed by atoms with Crippen LogP contribution in [0.25, 0.3) is 0 Å². The summed E-state index contributed by atoms with van der Waals surface area (Å²) >= 11 is 3.52. The van der Waals surface area contributed by atoms with E-state index in [1.807, 2.05) is 26.0 Å². The average Bonchev–Trinajstić information content (AvgIpc) is 2.60. The van der Waals surface area contributed by atoms with Crippen molar-refractivity contribution in [3.05, 3.63) is 27.7 Å². The van der Waals surface area contributed by atoms with Gasteiger partial charge in [-0.2, -0.15) is 0 Å². The van der Waals surface area contributed by atoms with Gasteiger partial charge in [0, 0.05) is 10.2 Å². The van der Waals surface area contributed by atoms with Crippen molar-refractivity contribution in [2.24, 2.45) is 0 Å². The standard InChI is InChI=1S/C11H13BrN2O/c1-7-3-9(4-8(2)11(7)12)14-6-13-5-10(14)15/h3-4,13H,5-6H2,1-2H3. The second-order valence-corrected chi connectivity index (χ2v) is 4.59. The van der Waals surface area contributed by atoms with Crippen LogP contribution in [0.4, 0.5) is 5.69 Å². The lowest BCUT2D eigenvalue weighted by Gasteiger charge is -2.17. The zero-order valence-electron chi connectivity index (χ0n) is 8.80. The number of nitrogens with zero attached hydrogens (tertiary/aromatic N) is 1. The normalized spacial score (nSPS) is 16.2. The lowest BCUT2D eigenvalue weighted by atomic mass is 10.1. The molecule has 1 aromatic carbocycles.